The molecule has 5 nitrogen and oxygen atoms in total. The van der Waals surface area contributed by atoms with E-state index in [4.69, 9.17) is 4.52 Å². The van der Waals surface area contributed by atoms with E-state index < -0.39 is 0 Å². The molecule has 1 aliphatic rings. The topological polar surface area (TPSA) is 54.2 Å². The molecule has 0 saturated carbocycles. The Labute approximate surface area is 144 Å². The van der Waals surface area contributed by atoms with Gasteiger partial charge in [-0.1, -0.05) is 50.9 Å². The molecule has 0 unspecified atom stereocenters. The Balaban J connectivity index is 1.70. The number of aromatic nitrogens is 2. The number of nitrogens with one attached hydrogen (secondary N) is 1. The second-order valence-corrected chi connectivity index (χ2v) is 7.54. The molecule has 0 radical (unpaired) electrons. The Morgan fingerprint density at radius 2 is 1.79 bits per heavy atom. The lowest BCUT2D eigenvalue weighted by atomic mass is 9.97. The molecule has 1 aromatic carbocycles. The van der Waals surface area contributed by atoms with E-state index >= 15 is 0 Å². The van der Waals surface area contributed by atoms with E-state index in [1.807, 2.05) is 0 Å². The first kappa shape index (κ1) is 16.8. The van der Waals surface area contributed by atoms with Crippen LogP contribution in [0.5, 0.6) is 0 Å². The van der Waals surface area contributed by atoms with Crippen LogP contribution in [-0.4, -0.2) is 23.2 Å². The lowest BCUT2D eigenvalue weighted by molar-refractivity contribution is 0.318. The molecule has 1 aromatic heterocycles. The van der Waals surface area contributed by atoms with E-state index in [1.165, 1.54) is 31.4 Å². The molecule has 5 heteroatoms. The van der Waals surface area contributed by atoms with Crippen molar-refractivity contribution in [1.82, 2.24) is 10.1 Å². The van der Waals surface area contributed by atoms with Crippen LogP contribution in [0.1, 0.15) is 58.2 Å². The standard InChI is InChI=1S/C19H28N4O/c1-19(2,3)18-21-17(22-24-18)14-20-15-10-6-7-11-16(15)23-12-8-4-5-9-13-23/h6-7,10-11,20H,4-5,8-9,12-14H2,1-3H3. The molecule has 0 atom stereocenters. The third kappa shape index (κ3) is 4.08. The molecule has 3 rings (SSSR count). The quantitative estimate of drug-likeness (QED) is 0.904. The van der Waals surface area contributed by atoms with Crippen LogP contribution in [0.3, 0.4) is 0 Å². The van der Waals surface area contributed by atoms with Gasteiger partial charge >= 0.3 is 0 Å². The average molecular weight is 328 g/mol. The van der Waals surface area contributed by atoms with Gasteiger partial charge in [0.2, 0.25) is 5.89 Å². The van der Waals surface area contributed by atoms with E-state index in [0.29, 0.717) is 18.3 Å². The predicted octanol–water partition coefficient (Wildman–Crippen LogP) is 4.36. The number of rotatable bonds is 4. The van der Waals surface area contributed by atoms with Crippen LogP contribution in [0, 0.1) is 0 Å². The van der Waals surface area contributed by atoms with E-state index in [2.05, 4.69) is 65.4 Å². The Bertz CT molecular complexity index is 651. The molecule has 130 valence electrons. The van der Waals surface area contributed by atoms with Crippen LogP contribution in [0.15, 0.2) is 28.8 Å². The summed E-state index contributed by atoms with van der Waals surface area (Å²) in [6.07, 6.45) is 5.22. The highest BCUT2D eigenvalue weighted by atomic mass is 16.5. The molecule has 0 spiro atoms. The predicted molar refractivity (Wildman–Crippen MR) is 97.4 cm³/mol. The Morgan fingerprint density at radius 3 is 2.46 bits per heavy atom. The van der Waals surface area contributed by atoms with Gasteiger partial charge < -0.3 is 14.7 Å². The van der Waals surface area contributed by atoms with E-state index in [-0.39, 0.29) is 5.41 Å². The lowest BCUT2D eigenvalue weighted by Crippen LogP contribution is -2.24. The Hall–Kier alpha value is -2.04. The van der Waals surface area contributed by atoms with Crippen molar-refractivity contribution in [2.45, 2.75) is 58.4 Å². The molecular formula is C19H28N4O. The zero-order valence-electron chi connectivity index (χ0n) is 15.0. The molecule has 24 heavy (non-hydrogen) atoms. The van der Waals surface area contributed by atoms with Crippen molar-refractivity contribution in [3.8, 4) is 0 Å². The van der Waals surface area contributed by atoms with E-state index in [0.717, 1.165) is 18.8 Å². The Morgan fingerprint density at radius 1 is 1.08 bits per heavy atom. The summed E-state index contributed by atoms with van der Waals surface area (Å²) < 4.78 is 5.37. The van der Waals surface area contributed by atoms with Gasteiger partial charge in [-0.15, -0.1) is 0 Å². The summed E-state index contributed by atoms with van der Waals surface area (Å²) in [6, 6.07) is 8.51. The summed E-state index contributed by atoms with van der Waals surface area (Å²) in [5.74, 6) is 1.38. The minimum atomic E-state index is -0.116. The normalized spacial score (nSPS) is 16.0. The second kappa shape index (κ2) is 7.24. The maximum absolute atomic E-state index is 5.37. The van der Waals surface area contributed by atoms with Gasteiger partial charge in [0.25, 0.3) is 0 Å². The van der Waals surface area contributed by atoms with Gasteiger partial charge in [0, 0.05) is 18.5 Å². The lowest BCUT2D eigenvalue weighted by Gasteiger charge is -2.25. The first-order valence-corrected chi connectivity index (χ1v) is 8.95. The van der Waals surface area contributed by atoms with Crippen LogP contribution in [0.25, 0.3) is 0 Å². The number of benzene rings is 1. The van der Waals surface area contributed by atoms with Crippen molar-refractivity contribution >= 4 is 11.4 Å². The number of hydrogen-bond donors (Lipinski definition) is 1. The molecule has 0 aliphatic carbocycles. The summed E-state index contributed by atoms with van der Waals surface area (Å²) in [5.41, 5.74) is 2.30. The molecule has 2 aromatic rings. The van der Waals surface area contributed by atoms with Gasteiger partial charge in [0.05, 0.1) is 17.9 Å². The molecule has 1 N–H and O–H groups in total. The SMILES string of the molecule is CC(C)(C)c1nc(CNc2ccccc2N2CCCCCC2)no1. The minimum absolute atomic E-state index is 0.116. The third-order valence-corrected chi connectivity index (χ3v) is 4.40. The van der Waals surface area contributed by atoms with Gasteiger partial charge in [0.1, 0.15) is 0 Å². The number of hydrogen-bond acceptors (Lipinski definition) is 5. The smallest absolute Gasteiger partial charge is 0.232 e. The van der Waals surface area contributed by atoms with Gasteiger partial charge in [-0.05, 0) is 25.0 Å². The van der Waals surface area contributed by atoms with Crippen molar-refractivity contribution in [3.05, 3.63) is 36.0 Å². The average Bonchev–Trinajstić information content (AvgIpc) is 2.88. The van der Waals surface area contributed by atoms with Crippen LogP contribution in [-0.2, 0) is 12.0 Å². The van der Waals surface area contributed by atoms with Crippen LogP contribution in [0.4, 0.5) is 11.4 Å². The first-order valence-electron chi connectivity index (χ1n) is 8.95. The summed E-state index contributed by atoms with van der Waals surface area (Å²) >= 11 is 0. The van der Waals surface area contributed by atoms with Crippen LogP contribution in [0.2, 0.25) is 0 Å². The summed E-state index contributed by atoms with van der Waals surface area (Å²) in [5, 5.41) is 7.58. The van der Waals surface area contributed by atoms with Crippen molar-refractivity contribution in [2.24, 2.45) is 0 Å². The van der Waals surface area contributed by atoms with Crippen LogP contribution < -0.4 is 10.2 Å². The largest absolute Gasteiger partial charge is 0.376 e. The van der Waals surface area contributed by atoms with E-state index in [9.17, 15) is 0 Å². The van der Waals surface area contributed by atoms with Crippen molar-refractivity contribution in [2.75, 3.05) is 23.3 Å². The molecule has 0 amide bonds. The highest BCUT2D eigenvalue weighted by Gasteiger charge is 2.21. The first-order chi connectivity index (χ1) is 11.5. The molecule has 2 heterocycles. The Kier molecular flexibility index (Phi) is 5.07. The zero-order chi connectivity index (χ0) is 17.0. The third-order valence-electron chi connectivity index (χ3n) is 4.40. The molecule has 1 saturated heterocycles. The summed E-state index contributed by atoms with van der Waals surface area (Å²) in [6.45, 7) is 9.07. The van der Waals surface area contributed by atoms with Gasteiger partial charge in [-0.2, -0.15) is 4.98 Å². The fraction of sp³-hybridized carbons (Fsp3) is 0.579. The van der Waals surface area contributed by atoms with Gasteiger partial charge in [-0.25, -0.2) is 0 Å². The van der Waals surface area contributed by atoms with Crippen molar-refractivity contribution < 1.29 is 4.52 Å². The molecule has 1 fully saturated rings. The monoisotopic (exact) mass is 328 g/mol. The molecular weight excluding hydrogens is 300 g/mol. The zero-order valence-corrected chi connectivity index (χ0v) is 15.0. The summed E-state index contributed by atoms with van der Waals surface area (Å²) in [7, 11) is 0. The van der Waals surface area contributed by atoms with E-state index in [1.54, 1.807) is 0 Å². The summed E-state index contributed by atoms with van der Waals surface area (Å²) in [4.78, 5) is 6.99. The maximum Gasteiger partial charge on any atom is 0.232 e. The number of para-hydroxylation sites is 2. The second-order valence-electron chi connectivity index (χ2n) is 7.54. The molecule has 0 bridgehead atoms. The van der Waals surface area contributed by atoms with Crippen LogP contribution >= 0.6 is 0 Å². The highest BCUT2D eigenvalue weighted by Crippen LogP contribution is 2.28. The van der Waals surface area contributed by atoms with Gasteiger partial charge in [-0.3, -0.25) is 0 Å². The maximum atomic E-state index is 5.37. The number of anilines is 2. The number of nitrogens with zero attached hydrogens (tertiary/aromatic N) is 3. The fourth-order valence-corrected chi connectivity index (χ4v) is 3.02. The minimum Gasteiger partial charge on any atom is -0.376 e. The molecule has 1 aliphatic heterocycles. The fourth-order valence-electron chi connectivity index (χ4n) is 3.02. The van der Waals surface area contributed by atoms with Crippen molar-refractivity contribution in [3.63, 3.8) is 0 Å². The van der Waals surface area contributed by atoms with Crippen molar-refractivity contribution in [1.29, 1.82) is 0 Å². The highest BCUT2D eigenvalue weighted by molar-refractivity contribution is 5.70. The van der Waals surface area contributed by atoms with Gasteiger partial charge in [0.15, 0.2) is 5.82 Å².